The lowest BCUT2D eigenvalue weighted by Gasteiger charge is -2.09. The van der Waals surface area contributed by atoms with Crippen LogP contribution >= 0.6 is 0 Å². The number of carbonyl (C=O) groups is 1. The van der Waals surface area contributed by atoms with Crippen LogP contribution in [0.25, 0.3) is 5.69 Å². The SMILES string of the molecule is CCNC(=O)C(C)c1cn(-c2cccnc2)nc1C. The number of rotatable bonds is 4. The van der Waals surface area contributed by atoms with Crippen LogP contribution in [0.2, 0.25) is 0 Å². The molecular weight excluding hydrogens is 240 g/mol. The highest BCUT2D eigenvalue weighted by atomic mass is 16.1. The van der Waals surface area contributed by atoms with Crippen molar-refractivity contribution < 1.29 is 4.79 Å². The number of aromatic nitrogens is 3. The Morgan fingerprint density at radius 2 is 2.32 bits per heavy atom. The van der Waals surface area contributed by atoms with Crippen molar-refractivity contribution >= 4 is 5.91 Å². The molecule has 5 heteroatoms. The highest BCUT2D eigenvalue weighted by molar-refractivity contribution is 5.83. The van der Waals surface area contributed by atoms with Gasteiger partial charge < -0.3 is 5.32 Å². The molecule has 0 bridgehead atoms. The van der Waals surface area contributed by atoms with Crippen molar-refractivity contribution in [2.45, 2.75) is 26.7 Å². The van der Waals surface area contributed by atoms with Crippen molar-refractivity contribution in [3.63, 3.8) is 0 Å². The molecule has 0 fully saturated rings. The summed E-state index contributed by atoms with van der Waals surface area (Å²) < 4.78 is 1.76. The van der Waals surface area contributed by atoms with Crippen LogP contribution in [-0.2, 0) is 4.79 Å². The quantitative estimate of drug-likeness (QED) is 0.910. The van der Waals surface area contributed by atoms with Gasteiger partial charge in [0.1, 0.15) is 0 Å². The molecule has 2 heterocycles. The van der Waals surface area contributed by atoms with Crippen LogP contribution in [0.1, 0.15) is 31.0 Å². The van der Waals surface area contributed by atoms with Crippen molar-refractivity contribution in [3.8, 4) is 5.69 Å². The Morgan fingerprint density at radius 1 is 1.53 bits per heavy atom. The van der Waals surface area contributed by atoms with E-state index in [0.717, 1.165) is 16.9 Å². The minimum atomic E-state index is -0.203. The van der Waals surface area contributed by atoms with Gasteiger partial charge in [-0.15, -0.1) is 0 Å². The second-order valence-corrected chi connectivity index (χ2v) is 4.44. The summed E-state index contributed by atoms with van der Waals surface area (Å²) in [7, 11) is 0. The minimum Gasteiger partial charge on any atom is -0.356 e. The fourth-order valence-corrected chi connectivity index (χ4v) is 1.99. The normalized spacial score (nSPS) is 12.2. The number of hydrogen-bond acceptors (Lipinski definition) is 3. The summed E-state index contributed by atoms with van der Waals surface area (Å²) >= 11 is 0. The van der Waals surface area contributed by atoms with Crippen LogP contribution in [0.4, 0.5) is 0 Å². The molecule has 0 aliphatic carbocycles. The summed E-state index contributed by atoms with van der Waals surface area (Å²) in [6, 6.07) is 3.79. The Balaban J connectivity index is 2.29. The molecule has 0 saturated carbocycles. The Morgan fingerprint density at radius 3 is 2.95 bits per heavy atom. The zero-order valence-electron chi connectivity index (χ0n) is 11.4. The van der Waals surface area contributed by atoms with Crippen LogP contribution in [0.15, 0.2) is 30.7 Å². The summed E-state index contributed by atoms with van der Waals surface area (Å²) in [5.74, 6) is -0.179. The molecule has 1 atom stereocenters. The van der Waals surface area contributed by atoms with E-state index in [1.807, 2.05) is 39.1 Å². The van der Waals surface area contributed by atoms with Gasteiger partial charge in [-0.1, -0.05) is 0 Å². The van der Waals surface area contributed by atoms with Crippen LogP contribution in [0.5, 0.6) is 0 Å². The maximum atomic E-state index is 11.9. The molecule has 2 rings (SSSR count). The lowest BCUT2D eigenvalue weighted by molar-refractivity contribution is -0.122. The van der Waals surface area contributed by atoms with E-state index < -0.39 is 0 Å². The Labute approximate surface area is 112 Å². The molecule has 5 nitrogen and oxygen atoms in total. The van der Waals surface area contributed by atoms with Crippen molar-refractivity contribution in [3.05, 3.63) is 42.0 Å². The van der Waals surface area contributed by atoms with Crippen molar-refractivity contribution in [1.29, 1.82) is 0 Å². The maximum absolute atomic E-state index is 11.9. The van der Waals surface area contributed by atoms with Crippen molar-refractivity contribution in [2.75, 3.05) is 6.54 Å². The van der Waals surface area contributed by atoms with E-state index in [0.29, 0.717) is 6.54 Å². The summed E-state index contributed by atoms with van der Waals surface area (Å²) in [4.78, 5) is 16.0. The topological polar surface area (TPSA) is 59.8 Å². The van der Waals surface area contributed by atoms with E-state index >= 15 is 0 Å². The lowest BCUT2D eigenvalue weighted by atomic mass is 10.0. The van der Waals surface area contributed by atoms with Gasteiger partial charge in [0.2, 0.25) is 5.91 Å². The first-order chi connectivity index (χ1) is 9.13. The van der Waals surface area contributed by atoms with Gasteiger partial charge >= 0.3 is 0 Å². The van der Waals surface area contributed by atoms with E-state index in [9.17, 15) is 4.79 Å². The number of nitrogens with one attached hydrogen (secondary N) is 1. The number of likely N-dealkylation sites (N-methyl/N-ethyl adjacent to an activating group) is 1. The zero-order valence-corrected chi connectivity index (χ0v) is 11.4. The summed E-state index contributed by atoms with van der Waals surface area (Å²) in [6.45, 7) is 6.36. The third-order valence-electron chi connectivity index (χ3n) is 3.06. The fourth-order valence-electron chi connectivity index (χ4n) is 1.99. The predicted octanol–water partition coefficient (Wildman–Crippen LogP) is 1.82. The molecule has 0 aromatic carbocycles. The first-order valence-corrected chi connectivity index (χ1v) is 6.37. The number of nitrogens with zero attached hydrogens (tertiary/aromatic N) is 3. The molecule has 0 spiro atoms. The molecule has 0 radical (unpaired) electrons. The fraction of sp³-hybridized carbons (Fsp3) is 0.357. The van der Waals surface area contributed by atoms with Gasteiger partial charge in [0.25, 0.3) is 0 Å². The monoisotopic (exact) mass is 258 g/mol. The molecule has 0 aliphatic rings. The summed E-state index contributed by atoms with van der Waals surface area (Å²) in [5.41, 5.74) is 2.69. The molecule has 19 heavy (non-hydrogen) atoms. The Bertz CT molecular complexity index is 562. The van der Waals surface area contributed by atoms with Gasteiger partial charge in [-0.3, -0.25) is 9.78 Å². The van der Waals surface area contributed by atoms with Gasteiger partial charge in [-0.05, 0) is 32.9 Å². The van der Waals surface area contributed by atoms with E-state index in [1.54, 1.807) is 17.1 Å². The largest absolute Gasteiger partial charge is 0.356 e. The molecule has 0 aliphatic heterocycles. The highest BCUT2D eigenvalue weighted by Crippen LogP contribution is 2.20. The van der Waals surface area contributed by atoms with Gasteiger partial charge in [0, 0.05) is 24.5 Å². The second-order valence-electron chi connectivity index (χ2n) is 4.44. The second kappa shape index (κ2) is 5.65. The third kappa shape index (κ3) is 2.81. The van der Waals surface area contributed by atoms with Gasteiger partial charge in [-0.2, -0.15) is 5.10 Å². The van der Waals surface area contributed by atoms with E-state index in [4.69, 9.17) is 0 Å². The number of carbonyl (C=O) groups excluding carboxylic acids is 1. The number of hydrogen-bond donors (Lipinski definition) is 1. The highest BCUT2D eigenvalue weighted by Gasteiger charge is 2.19. The molecule has 2 aromatic rings. The molecule has 2 aromatic heterocycles. The molecule has 0 saturated heterocycles. The van der Waals surface area contributed by atoms with E-state index in [2.05, 4.69) is 15.4 Å². The number of pyridine rings is 1. The predicted molar refractivity (Wildman–Crippen MR) is 73.2 cm³/mol. The minimum absolute atomic E-state index is 0.0244. The molecule has 1 N–H and O–H groups in total. The Hall–Kier alpha value is -2.17. The smallest absolute Gasteiger partial charge is 0.227 e. The average molecular weight is 258 g/mol. The number of amides is 1. The van der Waals surface area contributed by atoms with Crippen molar-refractivity contribution in [2.24, 2.45) is 0 Å². The van der Waals surface area contributed by atoms with E-state index in [1.165, 1.54) is 0 Å². The standard InChI is InChI=1S/C14H18N4O/c1-4-16-14(19)10(2)13-9-18(17-11(13)3)12-6-5-7-15-8-12/h5-10H,4H2,1-3H3,(H,16,19). The van der Waals surface area contributed by atoms with Crippen molar-refractivity contribution in [1.82, 2.24) is 20.1 Å². The first kappa shape index (κ1) is 13.3. The average Bonchev–Trinajstić information content (AvgIpc) is 2.81. The summed E-state index contributed by atoms with van der Waals surface area (Å²) in [6.07, 6.45) is 5.36. The third-order valence-corrected chi connectivity index (χ3v) is 3.06. The van der Waals surface area contributed by atoms with Crippen LogP contribution in [-0.4, -0.2) is 27.2 Å². The zero-order chi connectivity index (χ0) is 13.8. The van der Waals surface area contributed by atoms with Crippen LogP contribution < -0.4 is 5.32 Å². The Kier molecular flexibility index (Phi) is 3.94. The van der Waals surface area contributed by atoms with E-state index in [-0.39, 0.29) is 11.8 Å². The molecular formula is C14H18N4O. The molecule has 1 amide bonds. The maximum Gasteiger partial charge on any atom is 0.227 e. The van der Waals surface area contributed by atoms with Gasteiger partial charge in [-0.25, -0.2) is 4.68 Å². The molecule has 1 unspecified atom stereocenters. The first-order valence-electron chi connectivity index (χ1n) is 6.37. The van der Waals surface area contributed by atoms with Crippen LogP contribution in [0.3, 0.4) is 0 Å². The molecule has 100 valence electrons. The summed E-state index contributed by atoms with van der Waals surface area (Å²) in [5, 5.41) is 7.27. The van der Waals surface area contributed by atoms with Gasteiger partial charge in [0.05, 0.1) is 23.5 Å². The van der Waals surface area contributed by atoms with Gasteiger partial charge in [0.15, 0.2) is 0 Å². The lowest BCUT2D eigenvalue weighted by Crippen LogP contribution is -2.27. The van der Waals surface area contributed by atoms with Crippen LogP contribution in [0, 0.1) is 6.92 Å². The number of aryl methyl sites for hydroxylation is 1.